The van der Waals surface area contributed by atoms with Gasteiger partial charge in [-0.25, -0.2) is 4.57 Å². The maximum absolute atomic E-state index is 14.0. The van der Waals surface area contributed by atoms with Crippen LogP contribution in [0.15, 0.2) is 48.5 Å². The molecule has 2 aromatic carbocycles. The predicted molar refractivity (Wildman–Crippen MR) is 116 cm³/mol. The highest BCUT2D eigenvalue weighted by atomic mass is 31.2. The fourth-order valence-electron chi connectivity index (χ4n) is 2.92. The zero-order chi connectivity index (χ0) is 21.6. The summed E-state index contributed by atoms with van der Waals surface area (Å²) in [5.41, 5.74) is 0.706. The molecular weight excluding hydrogens is 387 g/mol. The van der Waals surface area contributed by atoms with Crippen molar-refractivity contribution < 1.29 is 23.1 Å². The molecule has 0 bridgehead atoms. The normalized spacial score (nSPS) is 12.7. The Labute approximate surface area is 173 Å². The van der Waals surface area contributed by atoms with Gasteiger partial charge in [-0.2, -0.15) is 0 Å². The summed E-state index contributed by atoms with van der Waals surface area (Å²) >= 11 is 0. The van der Waals surface area contributed by atoms with Gasteiger partial charge in [-0.3, -0.25) is 4.79 Å². The van der Waals surface area contributed by atoms with E-state index in [2.05, 4.69) is 0 Å². The standard InChI is InChI=1S/C23H31O5P/c1-7-26-23(24)18(6)29(25,27-21-14-10-8-12-19(21)16(2)3)28-22-15-11-9-13-20(22)17(4)5/h8-18H,7H2,1-6H3. The molecule has 158 valence electrons. The van der Waals surface area contributed by atoms with Crippen LogP contribution in [-0.4, -0.2) is 18.2 Å². The smallest absolute Gasteiger partial charge is 0.444 e. The van der Waals surface area contributed by atoms with E-state index in [1.165, 1.54) is 6.92 Å². The van der Waals surface area contributed by atoms with Crippen LogP contribution < -0.4 is 9.05 Å². The lowest BCUT2D eigenvalue weighted by Crippen LogP contribution is -2.25. The summed E-state index contributed by atoms with van der Waals surface area (Å²) in [5.74, 6) is 0.592. The van der Waals surface area contributed by atoms with E-state index in [9.17, 15) is 9.36 Å². The Morgan fingerprint density at radius 2 is 1.24 bits per heavy atom. The van der Waals surface area contributed by atoms with E-state index < -0.39 is 19.2 Å². The first-order chi connectivity index (χ1) is 13.7. The number of para-hydroxylation sites is 2. The molecule has 0 saturated heterocycles. The van der Waals surface area contributed by atoms with Gasteiger partial charge >= 0.3 is 13.6 Å². The molecule has 0 heterocycles. The molecule has 0 fully saturated rings. The topological polar surface area (TPSA) is 61.8 Å². The van der Waals surface area contributed by atoms with Gasteiger partial charge in [-0.15, -0.1) is 0 Å². The maximum Gasteiger partial charge on any atom is 0.444 e. The van der Waals surface area contributed by atoms with Gasteiger partial charge in [0, 0.05) is 0 Å². The minimum Gasteiger partial charge on any atom is -0.465 e. The molecule has 0 amide bonds. The van der Waals surface area contributed by atoms with Gasteiger partial charge in [0.2, 0.25) is 0 Å². The van der Waals surface area contributed by atoms with Crippen molar-refractivity contribution in [1.29, 1.82) is 0 Å². The predicted octanol–water partition coefficient (Wildman–Crippen LogP) is 6.54. The average Bonchev–Trinajstić information content (AvgIpc) is 2.68. The van der Waals surface area contributed by atoms with E-state index in [4.69, 9.17) is 13.8 Å². The zero-order valence-corrected chi connectivity index (χ0v) is 18.9. The summed E-state index contributed by atoms with van der Waals surface area (Å²) in [6.07, 6.45) is 0. The van der Waals surface area contributed by atoms with Crippen LogP contribution in [0.4, 0.5) is 0 Å². The Bertz CT molecular complexity index is 818. The van der Waals surface area contributed by atoms with Crippen LogP contribution in [-0.2, 0) is 14.1 Å². The summed E-state index contributed by atoms with van der Waals surface area (Å²) in [5, 5.41) is 0. The zero-order valence-electron chi connectivity index (χ0n) is 18.0. The molecule has 6 heteroatoms. The number of carbonyl (C=O) groups is 1. The number of carbonyl (C=O) groups excluding carboxylic acids is 1. The summed E-state index contributed by atoms with van der Waals surface area (Å²) in [6.45, 7) is 11.5. The van der Waals surface area contributed by atoms with Crippen LogP contribution in [0.3, 0.4) is 0 Å². The molecule has 29 heavy (non-hydrogen) atoms. The second-order valence-electron chi connectivity index (χ2n) is 7.54. The molecule has 1 unspecified atom stereocenters. The molecule has 2 rings (SSSR count). The molecule has 1 atom stereocenters. The van der Waals surface area contributed by atoms with E-state index in [1.807, 2.05) is 64.1 Å². The molecule has 0 spiro atoms. The Hall–Kier alpha value is -2.26. The third-order valence-electron chi connectivity index (χ3n) is 4.64. The van der Waals surface area contributed by atoms with Crippen LogP contribution in [0.25, 0.3) is 0 Å². The highest BCUT2D eigenvalue weighted by Gasteiger charge is 2.43. The first-order valence-corrected chi connectivity index (χ1v) is 11.6. The molecule has 0 aliphatic heterocycles. The lowest BCUT2D eigenvalue weighted by atomic mass is 10.0. The van der Waals surface area contributed by atoms with Crippen molar-refractivity contribution in [1.82, 2.24) is 0 Å². The summed E-state index contributed by atoms with van der Waals surface area (Å²) in [7, 11) is -3.95. The monoisotopic (exact) mass is 418 g/mol. The van der Waals surface area contributed by atoms with Crippen LogP contribution in [0.2, 0.25) is 0 Å². The van der Waals surface area contributed by atoms with E-state index in [0.717, 1.165) is 11.1 Å². The number of rotatable bonds is 9. The molecule has 0 N–H and O–H groups in total. The molecular formula is C23H31O5P. The van der Waals surface area contributed by atoms with E-state index >= 15 is 0 Å². The van der Waals surface area contributed by atoms with Crippen molar-refractivity contribution in [3.63, 3.8) is 0 Å². The number of benzene rings is 2. The van der Waals surface area contributed by atoms with Crippen molar-refractivity contribution in [2.45, 2.75) is 59.0 Å². The lowest BCUT2D eigenvalue weighted by molar-refractivity contribution is -0.142. The molecule has 0 saturated carbocycles. The third kappa shape index (κ3) is 5.63. The summed E-state index contributed by atoms with van der Waals surface area (Å²) in [6, 6.07) is 14.7. The summed E-state index contributed by atoms with van der Waals surface area (Å²) in [4.78, 5) is 12.5. The van der Waals surface area contributed by atoms with Gasteiger partial charge in [-0.05, 0) is 48.9 Å². The molecule has 5 nitrogen and oxygen atoms in total. The van der Waals surface area contributed by atoms with Gasteiger partial charge in [0.15, 0.2) is 5.66 Å². The quantitative estimate of drug-likeness (QED) is 0.342. The molecule has 0 radical (unpaired) electrons. The average molecular weight is 418 g/mol. The summed E-state index contributed by atoms with van der Waals surface area (Å²) < 4.78 is 31.1. The molecule has 0 aliphatic carbocycles. The van der Waals surface area contributed by atoms with Crippen molar-refractivity contribution in [3.8, 4) is 11.5 Å². The van der Waals surface area contributed by atoms with Crippen LogP contribution >= 0.6 is 7.60 Å². The number of hydrogen-bond acceptors (Lipinski definition) is 5. The van der Waals surface area contributed by atoms with Crippen molar-refractivity contribution >= 4 is 13.6 Å². The highest BCUT2D eigenvalue weighted by Crippen LogP contribution is 2.55. The Kier molecular flexibility index (Phi) is 7.92. The van der Waals surface area contributed by atoms with Crippen LogP contribution in [0.1, 0.15) is 64.5 Å². The van der Waals surface area contributed by atoms with E-state index in [0.29, 0.717) is 11.5 Å². The van der Waals surface area contributed by atoms with E-state index in [1.54, 1.807) is 19.1 Å². The lowest BCUT2D eigenvalue weighted by Gasteiger charge is -2.27. The SMILES string of the molecule is CCOC(=O)C(C)P(=O)(Oc1ccccc1C(C)C)Oc1ccccc1C(C)C. The molecule has 2 aromatic rings. The van der Waals surface area contributed by atoms with Gasteiger partial charge in [-0.1, -0.05) is 64.1 Å². The van der Waals surface area contributed by atoms with Crippen molar-refractivity contribution in [2.24, 2.45) is 0 Å². The van der Waals surface area contributed by atoms with Gasteiger partial charge in [0.25, 0.3) is 0 Å². The van der Waals surface area contributed by atoms with E-state index in [-0.39, 0.29) is 18.4 Å². The Morgan fingerprint density at radius 3 is 1.62 bits per heavy atom. The van der Waals surface area contributed by atoms with Gasteiger partial charge < -0.3 is 13.8 Å². The first-order valence-electron chi connectivity index (χ1n) is 10.0. The second-order valence-corrected chi connectivity index (χ2v) is 9.75. The fraction of sp³-hybridized carbons (Fsp3) is 0.435. The van der Waals surface area contributed by atoms with Crippen LogP contribution in [0.5, 0.6) is 11.5 Å². The number of hydrogen-bond donors (Lipinski definition) is 0. The first kappa shape index (κ1) is 23.0. The largest absolute Gasteiger partial charge is 0.465 e. The minimum absolute atomic E-state index is 0.153. The molecule has 0 aliphatic rings. The minimum atomic E-state index is -3.95. The fourth-order valence-corrected chi connectivity index (χ4v) is 4.49. The molecule has 0 aromatic heterocycles. The Balaban J connectivity index is 2.50. The third-order valence-corrected chi connectivity index (χ3v) is 6.70. The highest BCUT2D eigenvalue weighted by molar-refractivity contribution is 7.56. The van der Waals surface area contributed by atoms with Gasteiger partial charge in [0.1, 0.15) is 11.5 Å². The van der Waals surface area contributed by atoms with Crippen molar-refractivity contribution in [2.75, 3.05) is 6.61 Å². The van der Waals surface area contributed by atoms with Crippen molar-refractivity contribution in [3.05, 3.63) is 59.7 Å². The maximum atomic E-state index is 14.0. The van der Waals surface area contributed by atoms with Gasteiger partial charge in [0.05, 0.1) is 6.61 Å². The van der Waals surface area contributed by atoms with Crippen LogP contribution in [0, 0.1) is 0 Å². The Morgan fingerprint density at radius 1 is 0.828 bits per heavy atom. The second kappa shape index (κ2) is 9.98. The number of esters is 1. The number of ether oxygens (including phenoxy) is 1.